The number of unbranched alkanes of at least 4 members (excludes halogenated alkanes) is 45. The number of allylic oxidation sites excluding steroid dienone is 6. The van der Waals surface area contributed by atoms with Gasteiger partial charge < -0.3 is 50.5 Å². The molecule has 1 aliphatic heterocycles. The van der Waals surface area contributed by atoms with Crippen LogP contribution < -0.4 is 5.32 Å². The number of hydrogen-bond donors (Lipinski definition) is 8. The van der Waals surface area contributed by atoms with Crippen LogP contribution in [0.4, 0.5) is 0 Å². The minimum Gasteiger partial charge on any atom is -0.394 e. The molecule has 490 valence electrons. The molecule has 0 saturated carbocycles. The molecule has 83 heavy (non-hydrogen) atoms. The van der Waals surface area contributed by atoms with Crippen LogP contribution >= 0.6 is 0 Å². The number of carbonyl (C=O) groups excluding carboxylic acids is 1. The highest BCUT2D eigenvalue weighted by Gasteiger charge is 2.44. The Kier molecular flexibility index (Phi) is 57.9. The number of carbonyl (C=O) groups is 1. The standard InChI is InChI=1S/C72H137NO10/c1-3-5-7-9-11-13-15-17-19-21-23-25-27-29-30-31-32-33-34-35-36-38-39-41-43-45-47-49-51-53-55-57-59-64(75)67(77)63(62-82-72-70(80)69(79)68(78)66(61-74)83-72)73-71(81)65(76)60-58-56-54-52-50-48-46-44-42-40-37-28-26-24-22-20-18-16-14-12-10-8-6-4-2/h37,40,43,45,51,53,63-70,72,74-80H,3-36,38-39,41-42,44,46-50,52,54-62H2,1-2H3,(H,73,81)/b40-37-,45-43+,53-51+. The maximum atomic E-state index is 13.2. The van der Waals surface area contributed by atoms with E-state index >= 15 is 0 Å². The molecule has 0 aromatic carbocycles. The zero-order chi connectivity index (χ0) is 60.3. The maximum absolute atomic E-state index is 13.2. The first-order valence-corrected chi connectivity index (χ1v) is 35.9. The highest BCUT2D eigenvalue weighted by molar-refractivity contribution is 5.80. The van der Waals surface area contributed by atoms with E-state index in [-0.39, 0.29) is 12.8 Å². The minimum absolute atomic E-state index is 0.247. The number of rotatable bonds is 63. The summed E-state index contributed by atoms with van der Waals surface area (Å²) in [7, 11) is 0. The molecule has 0 aromatic rings. The SMILES string of the molecule is CCCCCCCCCCCCCC/C=C\CCCCCCCCCCC(O)C(=O)NC(COC1OC(CO)C(O)C(O)C1O)C(O)C(O)CCC/C=C/CC/C=C/CCCCCCCCCCCCCCCCCCCCCCCCC. The molecule has 9 atom stereocenters. The fourth-order valence-electron chi connectivity index (χ4n) is 11.6. The Labute approximate surface area is 511 Å². The van der Waals surface area contributed by atoms with E-state index in [4.69, 9.17) is 9.47 Å². The summed E-state index contributed by atoms with van der Waals surface area (Å²) in [6.07, 6.45) is 66.7. The number of hydrogen-bond acceptors (Lipinski definition) is 10. The topological polar surface area (TPSA) is 189 Å². The highest BCUT2D eigenvalue weighted by atomic mass is 16.7. The van der Waals surface area contributed by atoms with Crippen LogP contribution in [0.3, 0.4) is 0 Å². The van der Waals surface area contributed by atoms with Crippen LogP contribution in [0.25, 0.3) is 0 Å². The number of amides is 1. The Balaban J connectivity index is 2.22. The molecule has 1 rings (SSSR count). The van der Waals surface area contributed by atoms with Crippen LogP contribution in [0.15, 0.2) is 36.5 Å². The molecule has 9 unspecified atom stereocenters. The Morgan fingerprint density at radius 3 is 1.07 bits per heavy atom. The molecule has 1 saturated heterocycles. The third-order valence-electron chi connectivity index (χ3n) is 17.4. The van der Waals surface area contributed by atoms with Gasteiger partial charge in [0.25, 0.3) is 0 Å². The van der Waals surface area contributed by atoms with Crippen molar-refractivity contribution in [1.29, 1.82) is 0 Å². The van der Waals surface area contributed by atoms with Crippen molar-refractivity contribution in [1.82, 2.24) is 5.32 Å². The van der Waals surface area contributed by atoms with Gasteiger partial charge in [-0.15, -0.1) is 0 Å². The summed E-state index contributed by atoms with van der Waals surface area (Å²) >= 11 is 0. The van der Waals surface area contributed by atoms with Gasteiger partial charge in [0.15, 0.2) is 6.29 Å². The molecular weight excluding hydrogens is 1040 g/mol. The van der Waals surface area contributed by atoms with Gasteiger partial charge in [-0.3, -0.25) is 4.79 Å². The van der Waals surface area contributed by atoms with Gasteiger partial charge in [-0.25, -0.2) is 0 Å². The summed E-state index contributed by atoms with van der Waals surface area (Å²) in [5.41, 5.74) is 0. The van der Waals surface area contributed by atoms with Gasteiger partial charge in [-0.2, -0.15) is 0 Å². The molecule has 1 fully saturated rings. The second kappa shape index (κ2) is 60.6. The maximum Gasteiger partial charge on any atom is 0.249 e. The molecule has 11 heteroatoms. The minimum atomic E-state index is -1.67. The average Bonchev–Trinajstić information content (AvgIpc) is 3.68. The van der Waals surface area contributed by atoms with Crippen LogP contribution in [-0.4, -0.2) is 110 Å². The molecule has 1 amide bonds. The summed E-state index contributed by atoms with van der Waals surface area (Å²) in [4.78, 5) is 13.2. The van der Waals surface area contributed by atoms with Crippen molar-refractivity contribution in [2.45, 2.75) is 403 Å². The summed E-state index contributed by atoms with van der Waals surface area (Å²) in [5.74, 6) is -0.708. The van der Waals surface area contributed by atoms with Crippen LogP contribution in [0.2, 0.25) is 0 Å². The lowest BCUT2D eigenvalue weighted by atomic mass is 9.98. The van der Waals surface area contributed by atoms with Crippen LogP contribution in [0, 0.1) is 0 Å². The summed E-state index contributed by atoms with van der Waals surface area (Å²) in [6, 6.07) is -1.19. The Bertz CT molecular complexity index is 1440. The van der Waals surface area contributed by atoms with Gasteiger partial charge in [-0.1, -0.05) is 307 Å². The van der Waals surface area contributed by atoms with Crippen LogP contribution in [0.1, 0.15) is 348 Å². The third-order valence-corrected chi connectivity index (χ3v) is 17.4. The smallest absolute Gasteiger partial charge is 0.249 e. The second-order valence-electron chi connectivity index (χ2n) is 25.3. The molecule has 0 bridgehead atoms. The van der Waals surface area contributed by atoms with E-state index in [0.29, 0.717) is 19.3 Å². The van der Waals surface area contributed by atoms with E-state index in [1.165, 1.54) is 257 Å². The molecule has 8 N–H and O–H groups in total. The molecule has 1 aliphatic rings. The van der Waals surface area contributed by atoms with E-state index in [1.54, 1.807) is 0 Å². The van der Waals surface area contributed by atoms with Crippen LogP contribution in [-0.2, 0) is 14.3 Å². The molecular formula is C72H137NO10. The average molecular weight is 1180 g/mol. The molecule has 0 aromatic heterocycles. The monoisotopic (exact) mass is 1180 g/mol. The van der Waals surface area contributed by atoms with Crippen molar-refractivity contribution in [3.05, 3.63) is 36.5 Å². The quantitative estimate of drug-likeness (QED) is 0.0215. The first-order valence-electron chi connectivity index (χ1n) is 35.9. The number of ether oxygens (including phenoxy) is 2. The van der Waals surface area contributed by atoms with Gasteiger partial charge in [-0.05, 0) is 77.0 Å². The zero-order valence-corrected chi connectivity index (χ0v) is 54.2. The van der Waals surface area contributed by atoms with Crippen molar-refractivity contribution in [2.24, 2.45) is 0 Å². The van der Waals surface area contributed by atoms with Crippen molar-refractivity contribution in [3.8, 4) is 0 Å². The summed E-state index contributed by atoms with van der Waals surface area (Å²) < 4.78 is 11.2. The third kappa shape index (κ3) is 48.0. The summed E-state index contributed by atoms with van der Waals surface area (Å²) in [5, 5.41) is 76.5. The zero-order valence-electron chi connectivity index (χ0n) is 54.2. The van der Waals surface area contributed by atoms with E-state index < -0.39 is 74.2 Å². The van der Waals surface area contributed by atoms with E-state index in [1.807, 2.05) is 0 Å². The Hall–Kier alpha value is -1.67. The fraction of sp³-hybridized carbons (Fsp3) is 0.903. The predicted molar refractivity (Wildman–Crippen MR) is 349 cm³/mol. The number of aliphatic hydroxyl groups excluding tert-OH is 7. The van der Waals surface area contributed by atoms with Crippen LogP contribution in [0.5, 0.6) is 0 Å². The Morgan fingerprint density at radius 2 is 0.723 bits per heavy atom. The van der Waals surface area contributed by atoms with Gasteiger partial charge in [0.1, 0.15) is 36.6 Å². The van der Waals surface area contributed by atoms with E-state index in [9.17, 15) is 40.5 Å². The number of aliphatic hydroxyl groups is 7. The molecule has 0 radical (unpaired) electrons. The van der Waals surface area contributed by atoms with Crippen molar-refractivity contribution >= 4 is 5.91 Å². The lowest BCUT2D eigenvalue weighted by molar-refractivity contribution is -0.303. The molecule has 0 aliphatic carbocycles. The van der Waals surface area contributed by atoms with Crippen molar-refractivity contribution in [2.75, 3.05) is 13.2 Å². The Morgan fingerprint density at radius 1 is 0.410 bits per heavy atom. The van der Waals surface area contributed by atoms with E-state index in [2.05, 4.69) is 55.6 Å². The van der Waals surface area contributed by atoms with E-state index in [0.717, 1.165) is 44.9 Å². The van der Waals surface area contributed by atoms with Gasteiger partial charge in [0, 0.05) is 0 Å². The lowest BCUT2D eigenvalue weighted by Crippen LogP contribution is -2.60. The van der Waals surface area contributed by atoms with Crippen molar-refractivity contribution < 1.29 is 50.0 Å². The number of nitrogens with one attached hydrogen (secondary N) is 1. The van der Waals surface area contributed by atoms with Crippen molar-refractivity contribution in [3.63, 3.8) is 0 Å². The first kappa shape index (κ1) is 79.3. The first-order chi connectivity index (χ1) is 40.7. The van der Waals surface area contributed by atoms with Gasteiger partial charge in [0.2, 0.25) is 5.91 Å². The summed E-state index contributed by atoms with van der Waals surface area (Å²) in [6.45, 7) is 3.49. The molecule has 11 nitrogen and oxygen atoms in total. The van der Waals surface area contributed by atoms with Gasteiger partial charge in [0.05, 0.1) is 25.4 Å². The second-order valence-corrected chi connectivity index (χ2v) is 25.3. The molecule has 0 spiro atoms. The lowest BCUT2D eigenvalue weighted by Gasteiger charge is -2.40. The fourth-order valence-corrected chi connectivity index (χ4v) is 11.6. The highest BCUT2D eigenvalue weighted by Crippen LogP contribution is 2.24. The predicted octanol–water partition coefficient (Wildman–Crippen LogP) is 17.4. The largest absolute Gasteiger partial charge is 0.394 e. The molecule has 1 heterocycles. The normalized spacial score (nSPS) is 19.2. The van der Waals surface area contributed by atoms with Gasteiger partial charge >= 0.3 is 0 Å².